The number of nitrogens with zero attached hydrogens (tertiary/aromatic N) is 3. The topological polar surface area (TPSA) is 59.2 Å². The van der Waals surface area contributed by atoms with Crippen LogP contribution in [0.25, 0.3) is 11.4 Å². The fraction of sp³-hybridized carbons (Fsp3) is 0.500. The molecule has 0 spiro atoms. The number of piperidine rings is 1. The summed E-state index contributed by atoms with van der Waals surface area (Å²) < 4.78 is 6.49. The Labute approximate surface area is 150 Å². The SMILES string of the molecule is CC(C)CC(=O)N1CCC(c2nc(-c3ccc(Br)cc3)no2)CC1. The van der Waals surface area contributed by atoms with Crippen molar-refractivity contribution < 1.29 is 9.32 Å². The largest absolute Gasteiger partial charge is 0.343 e. The van der Waals surface area contributed by atoms with Crippen molar-refractivity contribution in [3.8, 4) is 11.4 Å². The van der Waals surface area contributed by atoms with E-state index in [1.807, 2.05) is 29.2 Å². The van der Waals surface area contributed by atoms with Crippen LogP contribution in [0.1, 0.15) is 44.9 Å². The van der Waals surface area contributed by atoms with Crippen LogP contribution < -0.4 is 0 Å². The molecule has 1 aliphatic rings. The number of likely N-dealkylation sites (tertiary alicyclic amines) is 1. The van der Waals surface area contributed by atoms with Gasteiger partial charge in [-0.3, -0.25) is 4.79 Å². The zero-order valence-electron chi connectivity index (χ0n) is 14.0. The number of amides is 1. The van der Waals surface area contributed by atoms with Crippen LogP contribution >= 0.6 is 15.9 Å². The van der Waals surface area contributed by atoms with Crippen LogP contribution in [-0.2, 0) is 4.79 Å². The van der Waals surface area contributed by atoms with Gasteiger partial charge in [-0.15, -0.1) is 0 Å². The third-order valence-corrected chi connectivity index (χ3v) is 4.85. The van der Waals surface area contributed by atoms with Gasteiger partial charge in [-0.25, -0.2) is 0 Å². The van der Waals surface area contributed by atoms with Crippen LogP contribution in [0.15, 0.2) is 33.3 Å². The van der Waals surface area contributed by atoms with Crippen LogP contribution in [-0.4, -0.2) is 34.0 Å². The second kappa shape index (κ2) is 7.47. The standard InChI is InChI=1S/C18H22BrN3O2/c1-12(2)11-16(23)22-9-7-14(8-10-22)18-20-17(21-24-18)13-3-5-15(19)6-4-13/h3-6,12,14H,7-11H2,1-2H3. The zero-order chi connectivity index (χ0) is 17.1. The number of hydrogen-bond acceptors (Lipinski definition) is 4. The van der Waals surface area contributed by atoms with Crippen LogP contribution in [0.3, 0.4) is 0 Å². The maximum absolute atomic E-state index is 12.1. The minimum absolute atomic E-state index is 0.241. The van der Waals surface area contributed by atoms with Gasteiger partial charge in [0.05, 0.1) is 0 Å². The third-order valence-electron chi connectivity index (χ3n) is 4.32. The van der Waals surface area contributed by atoms with Gasteiger partial charge in [-0.2, -0.15) is 4.98 Å². The third kappa shape index (κ3) is 4.04. The Bertz CT molecular complexity index is 689. The molecule has 128 valence electrons. The molecule has 1 fully saturated rings. The summed E-state index contributed by atoms with van der Waals surface area (Å²) in [6.07, 6.45) is 2.39. The van der Waals surface area contributed by atoms with Gasteiger partial charge < -0.3 is 9.42 Å². The lowest BCUT2D eigenvalue weighted by Crippen LogP contribution is -2.38. The maximum atomic E-state index is 12.1. The van der Waals surface area contributed by atoms with Gasteiger partial charge in [0.15, 0.2) is 0 Å². The number of halogens is 1. The van der Waals surface area contributed by atoms with E-state index >= 15 is 0 Å². The van der Waals surface area contributed by atoms with E-state index in [0.29, 0.717) is 24.1 Å². The maximum Gasteiger partial charge on any atom is 0.230 e. The highest BCUT2D eigenvalue weighted by Gasteiger charge is 2.27. The van der Waals surface area contributed by atoms with Crippen LogP contribution in [0, 0.1) is 5.92 Å². The highest BCUT2D eigenvalue weighted by molar-refractivity contribution is 9.10. The molecule has 0 saturated carbocycles. The lowest BCUT2D eigenvalue weighted by Gasteiger charge is -2.30. The van der Waals surface area contributed by atoms with E-state index in [4.69, 9.17) is 4.52 Å². The summed E-state index contributed by atoms with van der Waals surface area (Å²) in [5.41, 5.74) is 0.942. The van der Waals surface area contributed by atoms with Crippen molar-refractivity contribution in [1.82, 2.24) is 15.0 Å². The zero-order valence-corrected chi connectivity index (χ0v) is 15.6. The Hall–Kier alpha value is -1.69. The van der Waals surface area contributed by atoms with Crippen molar-refractivity contribution in [3.05, 3.63) is 34.6 Å². The highest BCUT2D eigenvalue weighted by atomic mass is 79.9. The molecule has 3 rings (SSSR count). The Balaban J connectivity index is 1.61. The van der Waals surface area contributed by atoms with Gasteiger partial charge in [0.1, 0.15) is 0 Å². The Morgan fingerprint density at radius 3 is 2.58 bits per heavy atom. The molecule has 5 nitrogen and oxygen atoms in total. The Kier molecular flexibility index (Phi) is 5.33. The van der Waals surface area contributed by atoms with E-state index in [9.17, 15) is 4.79 Å². The first-order valence-corrected chi connectivity index (χ1v) is 9.19. The summed E-state index contributed by atoms with van der Waals surface area (Å²) in [4.78, 5) is 18.7. The number of carbonyl (C=O) groups excluding carboxylic acids is 1. The van der Waals surface area contributed by atoms with Crippen LogP contribution in [0.4, 0.5) is 0 Å². The number of hydrogen-bond donors (Lipinski definition) is 0. The van der Waals surface area contributed by atoms with Gasteiger partial charge in [-0.05, 0) is 43.0 Å². The predicted octanol–water partition coefficient (Wildman–Crippen LogP) is 4.25. The molecule has 0 atom stereocenters. The first-order valence-electron chi connectivity index (χ1n) is 8.40. The van der Waals surface area contributed by atoms with E-state index in [-0.39, 0.29) is 11.8 Å². The number of aromatic nitrogens is 2. The van der Waals surface area contributed by atoms with Crippen molar-refractivity contribution >= 4 is 21.8 Å². The van der Waals surface area contributed by atoms with Gasteiger partial charge in [0.25, 0.3) is 0 Å². The molecule has 1 amide bonds. The van der Waals surface area contributed by atoms with Gasteiger partial charge in [0.2, 0.25) is 17.6 Å². The van der Waals surface area contributed by atoms with Crippen molar-refractivity contribution in [2.24, 2.45) is 5.92 Å². The molecule has 0 unspecified atom stereocenters. The second-order valence-electron chi connectivity index (χ2n) is 6.72. The molecule has 6 heteroatoms. The van der Waals surface area contributed by atoms with Gasteiger partial charge in [-0.1, -0.05) is 34.9 Å². The van der Waals surface area contributed by atoms with Gasteiger partial charge >= 0.3 is 0 Å². The Morgan fingerprint density at radius 1 is 1.29 bits per heavy atom. The average molecular weight is 392 g/mol. The van der Waals surface area contributed by atoms with E-state index in [1.54, 1.807) is 0 Å². The van der Waals surface area contributed by atoms with Crippen molar-refractivity contribution in [2.45, 2.75) is 39.0 Å². The molecular formula is C18H22BrN3O2. The molecule has 2 aromatic rings. The summed E-state index contributed by atoms with van der Waals surface area (Å²) in [5, 5.41) is 4.10. The van der Waals surface area contributed by atoms with E-state index in [2.05, 4.69) is 39.9 Å². The van der Waals surface area contributed by atoms with Crippen LogP contribution in [0.5, 0.6) is 0 Å². The average Bonchev–Trinajstić information content (AvgIpc) is 3.05. The van der Waals surface area contributed by atoms with Crippen molar-refractivity contribution in [2.75, 3.05) is 13.1 Å². The van der Waals surface area contributed by atoms with Gasteiger partial charge in [0, 0.05) is 35.5 Å². The van der Waals surface area contributed by atoms with Crippen LogP contribution in [0.2, 0.25) is 0 Å². The van der Waals surface area contributed by atoms with Crippen molar-refractivity contribution in [3.63, 3.8) is 0 Å². The fourth-order valence-electron chi connectivity index (χ4n) is 2.97. The summed E-state index contributed by atoms with van der Waals surface area (Å²) in [6.45, 7) is 5.69. The molecule has 24 heavy (non-hydrogen) atoms. The second-order valence-corrected chi connectivity index (χ2v) is 7.63. The Morgan fingerprint density at radius 2 is 1.96 bits per heavy atom. The van der Waals surface area contributed by atoms with E-state index in [1.165, 1.54) is 0 Å². The molecule has 0 radical (unpaired) electrons. The summed E-state index contributed by atoms with van der Waals surface area (Å²) in [6, 6.07) is 7.85. The quantitative estimate of drug-likeness (QED) is 0.781. The van der Waals surface area contributed by atoms with E-state index < -0.39 is 0 Å². The molecular weight excluding hydrogens is 370 g/mol. The summed E-state index contributed by atoms with van der Waals surface area (Å²) in [7, 11) is 0. The minimum Gasteiger partial charge on any atom is -0.343 e. The molecule has 1 aliphatic heterocycles. The molecule has 1 saturated heterocycles. The monoisotopic (exact) mass is 391 g/mol. The number of carbonyl (C=O) groups is 1. The summed E-state index contributed by atoms with van der Waals surface area (Å²) >= 11 is 3.42. The summed E-state index contributed by atoms with van der Waals surface area (Å²) in [5.74, 6) is 2.20. The lowest BCUT2D eigenvalue weighted by atomic mass is 9.96. The molecule has 1 aromatic carbocycles. The number of rotatable bonds is 4. The minimum atomic E-state index is 0.241. The predicted molar refractivity (Wildman–Crippen MR) is 95.4 cm³/mol. The number of benzene rings is 1. The fourth-order valence-corrected chi connectivity index (χ4v) is 3.24. The molecule has 0 N–H and O–H groups in total. The molecule has 2 heterocycles. The molecule has 1 aromatic heterocycles. The first-order chi connectivity index (χ1) is 11.5. The van der Waals surface area contributed by atoms with E-state index in [0.717, 1.165) is 36.0 Å². The lowest BCUT2D eigenvalue weighted by molar-refractivity contribution is -0.133. The molecule has 0 aliphatic carbocycles. The molecule has 0 bridgehead atoms. The normalized spacial score (nSPS) is 15.9. The van der Waals surface area contributed by atoms with Crippen molar-refractivity contribution in [1.29, 1.82) is 0 Å². The highest BCUT2D eigenvalue weighted by Crippen LogP contribution is 2.29. The first kappa shape index (κ1) is 17.1. The smallest absolute Gasteiger partial charge is 0.230 e.